The fourth-order valence-corrected chi connectivity index (χ4v) is 2.49. The molecule has 0 aliphatic carbocycles. The Morgan fingerprint density at radius 3 is 3.00 bits per heavy atom. The molecule has 1 fully saturated rings. The lowest BCUT2D eigenvalue weighted by atomic mass is 10.0. The van der Waals surface area contributed by atoms with E-state index in [1.54, 1.807) is 0 Å². The van der Waals surface area contributed by atoms with Crippen molar-refractivity contribution in [1.29, 1.82) is 0 Å². The first-order chi connectivity index (χ1) is 8.72. The molecular formula is C15H23NO2. The van der Waals surface area contributed by atoms with Gasteiger partial charge >= 0.3 is 0 Å². The van der Waals surface area contributed by atoms with Crippen LogP contribution in [0.4, 0.5) is 5.69 Å². The lowest BCUT2D eigenvalue weighted by molar-refractivity contribution is 0.0820. The lowest BCUT2D eigenvalue weighted by Crippen LogP contribution is -2.31. The van der Waals surface area contributed by atoms with E-state index in [0.29, 0.717) is 0 Å². The summed E-state index contributed by atoms with van der Waals surface area (Å²) in [6.07, 6.45) is 1.66. The molecule has 0 bridgehead atoms. The van der Waals surface area contributed by atoms with Crippen molar-refractivity contribution < 1.29 is 9.84 Å². The van der Waals surface area contributed by atoms with Crippen LogP contribution < -0.4 is 4.90 Å². The Balaban J connectivity index is 2.25. The number of aliphatic hydroxyl groups excluding tert-OH is 1. The maximum atomic E-state index is 10.1. The third-order valence-electron chi connectivity index (χ3n) is 3.48. The topological polar surface area (TPSA) is 32.7 Å². The van der Waals surface area contributed by atoms with Gasteiger partial charge in [-0.25, -0.2) is 0 Å². The SMILES string of the molecule is CC[C@@H](O)c1ccccc1N1CCCOC(C)C1. The predicted molar refractivity (Wildman–Crippen MR) is 73.9 cm³/mol. The number of rotatable bonds is 3. The summed E-state index contributed by atoms with van der Waals surface area (Å²) in [6, 6.07) is 8.17. The summed E-state index contributed by atoms with van der Waals surface area (Å²) in [4.78, 5) is 2.34. The minimum atomic E-state index is -0.374. The maximum absolute atomic E-state index is 10.1. The van der Waals surface area contributed by atoms with E-state index in [2.05, 4.69) is 17.9 Å². The van der Waals surface area contributed by atoms with Crippen LogP contribution in [0, 0.1) is 0 Å². The monoisotopic (exact) mass is 249 g/mol. The summed E-state index contributed by atoms with van der Waals surface area (Å²) in [7, 11) is 0. The summed E-state index contributed by atoms with van der Waals surface area (Å²) in [5.74, 6) is 0. The van der Waals surface area contributed by atoms with Gasteiger partial charge in [0, 0.05) is 30.9 Å². The Morgan fingerprint density at radius 1 is 1.44 bits per heavy atom. The van der Waals surface area contributed by atoms with Gasteiger partial charge in [-0.2, -0.15) is 0 Å². The van der Waals surface area contributed by atoms with Crippen molar-refractivity contribution in [2.75, 3.05) is 24.6 Å². The molecule has 0 amide bonds. The molecule has 2 rings (SSSR count). The molecule has 1 saturated heterocycles. The van der Waals surface area contributed by atoms with Crippen LogP contribution in [0.3, 0.4) is 0 Å². The zero-order valence-electron chi connectivity index (χ0n) is 11.3. The van der Waals surface area contributed by atoms with Gasteiger partial charge in [0.25, 0.3) is 0 Å². The van der Waals surface area contributed by atoms with Gasteiger partial charge in [-0.15, -0.1) is 0 Å². The first-order valence-electron chi connectivity index (χ1n) is 6.86. The van der Waals surface area contributed by atoms with Gasteiger partial charge in [-0.3, -0.25) is 0 Å². The predicted octanol–water partition coefficient (Wildman–Crippen LogP) is 2.75. The van der Waals surface area contributed by atoms with Gasteiger partial charge < -0.3 is 14.7 Å². The van der Waals surface area contributed by atoms with E-state index in [-0.39, 0.29) is 12.2 Å². The standard InChI is InChI=1S/C15H23NO2/c1-3-15(17)13-7-4-5-8-14(13)16-9-6-10-18-12(2)11-16/h4-5,7-8,12,15,17H,3,6,9-11H2,1-2H3/t12?,15-/m1/s1. The van der Waals surface area contributed by atoms with Gasteiger partial charge in [-0.05, 0) is 25.8 Å². The van der Waals surface area contributed by atoms with Crippen LogP contribution in [-0.4, -0.2) is 30.9 Å². The second-order valence-corrected chi connectivity index (χ2v) is 4.96. The number of para-hydroxylation sites is 1. The highest BCUT2D eigenvalue weighted by atomic mass is 16.5. The lowest BCUT2D eigenvalue weighted by Gasteiger charge is -2.28. The van der Waals surface area contributed by atoms with E-state index in [9.17, 15) is 5.11 Å². The van der Waals surface area contributed by atoms with E-state index in [0.717, 1.165) is 43.8 Å². The molecule has 1 aliphatic rings. The minimum absolute atomic E-state index is 0.249. The molecule has 100 valence electrons. The highest BCUT2D eigenvalue weighted by molar-refractivity contribution is 5.54. The molecule has 3 heteroatoms. The summed E-state index contributed by atoms with van der Waals surface area (Å²) in [5.41, 5.74) is 2.19. The molecule has 0 radical (unpaired) electrons. The number of nitrogens with zero attached hydrogens (tertiary/aromatic N) is 1. The largest absolute Gasteiger partial charge is 0.388 e. The number of hydrogen-bond donors (Lipinski definition) is 1. The van der Waals surface area contributed by atoms with Crippen LogP contribution in [0.2, 0.25) is 0 Å². The summed E-state index contributed by atoms with van der Waals surface area (Å²) < 4.78 is 5.68. The van der Waals surface area contributed by atoms with Gasteiger partial charge in [0.05, 0.1) is 12.2 Å². The molecule has 0 saturated carbocycles. The van der Waals surface area contributed by atoms with E-state index in [1.807, 2.05) is 25.1 Å². The number of ether oxygens (including phenoxy) is 1. The van der Waals surface area contributed by atoms with Crippen molar-refractivity contribution in [3.8, 4) is 0 Å². The molecule has 0 aromatic heterocycles. The smallest absolute Gasteiger partial charge is 0.0807 e. The zero-order chi connectivity index (χ0) is 13.0. The summed E-state index contributed by atoms with van der Waals surface area (Å²) in [5, 5.41) is 10.1. The Labute approximate surface area is 109 Å². The fraction of sp³-hybridized carbons (Fsp3) is 0.600. The molecule has 1 aliphatic heterocycles. The average molecular weight is 249 g/mol. The Kier molecular flexibility index (Phi) is 4.61. The van der Waals surface area contributed by atoms with Crippen molar-refractivity contribution >= 4 is 5.69 Å². The highest BCUT2D eigenvalue weighted by Crippen LogP contribution is 2.29. The van der Waals surface area contributed by atoms with Crippen molar-refractivity contribution in [2.24, 2.45) is 0 Å². The third-order valence-corrected chi connectivity index (χ3v) is 3.48. The van der Waals surface area contributed by atoms with Gasteiger partial charge in [-0.1, -0.05) is 25.1 Å². The number of aliphatic hydroxyl groups is 1. The molecule has 18 heavy (non-hydrogen) atoms. The van der Waals surface area contributed by atoms with E-state index < -0.39 is 0 Å². The van der Waals surface area contributed by atoms with E-state index in [4.69, 9.17) is 4.74 Å². The first kappa shape index (κ1) is 13.4. The quantitative estimate of drug-likeness (QED) is 0.894. The van der Waals surface area contributed by atoms with Crippen LogP contribution in [0.25, 0.3) is 0 Å². The molecule has 1 aromatic rings. The zero-order valence-corrected chi connectivity index (χ0v) is 11.3. The number of hydrogen-bond acceptors (Lipinski definition) is 3. The van der Waals surface area contributed by atoms with Crippen LogP contribution in [-0.2, 0) is 4.74 Å². The molecule has 1 N–H and O–H groups in total. The van der Waals surface area contributed by atoms with Crippen molar-refractivity contribution in [3.05, 3.63) is 29.8 Å². The Morgan fingerprint density at radius 2 is 2.22 bits per heavy atom. The molecule has 1 heterocycles. The van der Waals surface area contributed by atoms with E-state index >= 15 is 0 Å². The number of anilines is 1. The van der Waals surface area contributed by atoms with Crippen molar-refractivity contribution in [3.63, 3.8) is 0 Å². The average Bonchev–Trinajstić information content (AvgIpc) is 2.62. The maximum Gasteiger partial charge on any atom is 0.0807 e. The van der Waals surface area contributed by atoms with Crippen LogP contribution in [0.5, 0.6) is 0 Å². The normalized spacial score (nSPS) is 22.6. The van der Waals surface area contributed by atoms with Crippen LogP contribution in [0.15, 0.2) is 24.3 Å². The Bertz CT molecular complexity index is 381. The summed E-state index contributed by atoms with van der Waals surface area (Å²) >= 11 is 0. The molecule has 1 aromatic carbocycles. The third kappa shape index (κ3) is 3.03. The second kappa shape index (κ2) is 6.21. The van der Waals surface area contributed by atoms with Crippen LogP contribution >= 0.6 is 0 Å². The van der Waals surface area contributed by atoms with Gasteiger partial charge in [0.2, 0.25) is 0 Å². The van der Waals surface area contributed by atoms with Gasteiger partial charge in [0.1, 0.15) is 0 Å². The van der Waals surface area contributed by atoms with Crippen molar-refractivity contribution in [1.82, 2.24) is 0 Å². The molecule has 2 atom stereocenters. The highest BCUT2D eigenvalue weighted by Gasteiger charge is 2.19. The van der Waals surface area contributed by atoms with Crippen molar-refractivity contribution in [2.45, 2.75) is 38.9 Å². The fourth-order valence-electron chi connectivity index (χ4n) is 2.49. The minimum Gasteiger partial charge on any atom is -0.388 e. The Hall–Kier alpha value is -1.06. The molecular weight excluding hydrogens is 226 g/mol. The number of benzene rings is 1. The molecule has 0 spiro atoms. The first-order valence-corrected chi connectivity index (χ1v) is 6.86. The van der Waals surface area contributed by atoms with Gasteiger partial charge in [0.15, 0.2) is 0 Å². The van der Waals surface area contributed by atoms with Crippen LogP contribution in [0.1, 0.15) is 38.4 Å². The molecule has 1 unspecified atom stereocenters. The molecule has 3 nitrogen and oxygen atoms in total. The second-order valence-electron chi connectivity index (χ2n) is 4.96. The van der Waals surface area contributed by atoms with E-state index in [1.165, 1.54) is 0 Å². The summed E-state index contributed by atoms with van der Waals surface area (Å²) in [6.45, 7) is 6.84.